The van der Waals surface area contributed by atoms with Crippen LogP contribution in [0.15, 0.2) is 24.3 Å². The van der Waals surface area contributed by atoms with Crippen molar-refractivity contribution in [1.29, 1.82) is 0 Å². The van der Waals surface area contributed by atoms with Gasteiger partial charge in [-0.3, -0.25) is 0 Å². The second-order valence-electron chi connectivity index (χ2n) is 5.60. The Labute approximate surface area is 109 Å². The Morgan fingerprint density at radius 2 is 1.76 bits per heavy atom. The molecule has 0 saturated heterocycles. The lowest BCUT2D eigenvalue weighted by atomic mass is 9.81. The van der Waals surface area contributed by atoms with Crippen LogP contribution in [0.1, 0.15) is 20.8 Å². The minimum Gasteiger partial charge on any atom is -0.374 e. The number of anilines is 1. The van der Waals surface area contributed by atoms with Gasteiger partial charge < -0.3 is 4.90 Å². The fourth-order valence-electron chi connectivity index (χ4n) is 1.74. The van der Waals surface area contributed by atoms with E-state index in [1.165, 1.54) is 12.1 Å². The summed E-state index contributed by atoms with van der Waals surface area (Å²) < 4.78 is 12.8. The Hall–Kier alpha value is -0.700. The molecule has 0 aliphatic heterocycles. The molecule has 0 fully saturated rings. The molecule has 3 heteroatoms. The minimum atomic E-state index is -0.191. The first-order valence-corrected chi connectivity index (χ1v) is 6.55. The summed E-state index contributed by atoms with van der Waals surface area (Å²) in [6.07, 6.45) is 0. The molecule has 0 aliphatic carbocycles. The molecule has 0 heterocycles. The monoisotopic (exact) mass is 255 g/mol. The molecule has 0 bridgehead atoms. The number of thiol groups is 1. The van der Waals surface area contributed by atoms with E-state index < -0.39 is 0 Å². The average Bonchev–Trinajstić information content (AvgIpc) is 2.24. The van der Waals surface area contributed by atoms with E-state index in [4.69, 9.17) is 0 Å². The lowest BCUT2D eigenvalue weighted by molar-refractivity contribution is 0.272. The molecule has 1 rings (SSSR count). The van der Waals surface area contributed by atoms with E-state index in [0.717, 1.165) is 18.0 Å². The van der Waals surface area contributed by atoms with Gasteiger partial charge in [-0.2, -0.15) is 12.6 Å². The standard InChI is InChI=1S/C14H22FNS/c1-14(2,3)11(10-17)9-16(4)13-7-5-12(15)6-8-13/h5-8,11,17H,9-10H2,1-4H3. The smallest absolute Gasteiger partial charge is 0.123 e. The van der Waals surface area contributed by atoms with Gasteiger partial charge in [0.25, 0.3) is 0 Å². The van der Waals surface area contributed by atoms with Crippen molar-refractivity contribution in [3.8, 4) is 0 Å². The Morgan fingerprint density at radius 3 is 2.18 bits per heavy atom. The van der Waals surface area contributed by atoms with Crippen LogP contribution in [0, 0.1) is 17.2 Å². The third-order valence-electron chi connectivity index (χ3n) is 3.21. The van der Waals surface area contributed by atoms with Gasteiger partial charge in [0.15, 0.2) is 0 Å². The number of hydrogen-bond acceptors (Lipinski definition) is 2. The highest BCUT2D eigenvalue weighted by atomic mass is 32.1. The molecule has 1 nitrogen and oxygen atoms in total. The van der Waals surface area contributed by atoms with Gasteiger partial charge in [0.05, 0.1) is 0 Å². The summed E-state index contributed by atoms with van der Waals surface area (Å²) in [6, 6.07) is 6.62. The lowest BCUT2D eigenvalue weighted by Crippen LogP contribution is -2.34. The second-order valence-corrected chi connectivity index (χ2v) is 5.97. The fraction of sp³-hybridized carbons (Fsp3) is 0.571. The Balaban J connectivity index is 2.71. The van der Waals surface area contributed by atoms with E-state index >= 15 is 0 Å². The summed E-state index contributed by atoms with van der Waals surface area (Å²) in [5.74, 6) is 1.17. The Morgan fingerprint density at radius 1 is 1.24 bits per heavy atom. The quantitative estimate of drug-likeness (QED) is 0.800. The van der Waals surface area contributed by atoms with Gasteiger partial charge >= 0.3 is 0 Å². The van der Waals surface area contributed by atoms with Crippen molar-refractivity contribution in [2.75, 3.05) is 24.2 Å². The van der Waals surface area contributed by atoms with Crippen LogP contribution in [-0.4, -0.2) is 19.3 Å². The average molecular weight is 255 g/mol. The van der Waals surface area contributed by atoms with Crippen molar-refractivity contribution < 1.29 is 4.39 Å². The summed E-state index contributed by atoms with van der Waals surface area (Å²) in [7, 11) is 2.04. The Bertz CT molecular complexity index is 342. The third kappa shape index (κ3) is 4.23. The van der Waals surface area contributed by atoms with Crippen molar-refractivity contribution in [3.63, 3.8) is 0 Å². The summed E-state index contributed by atoms with van der Waals surface area (Å²) >= 11 is 4.43. The maximum Gasteiger partial charge on any atom is 0.123 e. The molecule has 0 aromatic heterocycles. The molecular formula is C14H22FNS. The number of nitrogens with zero attached hydrogens (tertiary/aromatic N) is 1. The van der Waals surface area contributed by atoms with E-state index in [2.05, 4.69) is 38.3 Å². The van der Waals surface area contributed by atoms with Gasteiger partial charge in [-0.15, -0.1) is 0 Å². The van der Waals surface area contributed by atoms with Crippen molar-refractivity contribution >= 4 is 18.3 Å². The van der Waals surface area contributed by atoms with Crippen LogP contribution < -0.4 is 4.90 Å². The van der Waals surface area contributed by atoms with Gasteiger partial charge in [-0.05, 0) is 41.4 Å². The minimum absolute atomic E-state index is 0.191. The molecule has 1 unspecified atom stereocenters. The number of hydrogen-bond donors (Lipinski definition) is 1. The first-order chi connectivity index (χ1) is 7.84. The molecule has 1 aromatic rings. The molecule has 0 amide bonds. The SMILES string of the molecule is CN(CC(CS)C(C)(C)C)c1ccc(F)cc1. The van der Waals surface area contributed by atoms with Gasteiger partial charge in [0, 0.05) is 19.3 Å². The zero-order valence-corrected chi connectivity index (χ0v) is 12.0. The summed E-state index contributed by atoms with van der Waals surface area (Å²) in [6.45, 7) is 7.61. The first kappa shape index (κ1) is 14.4. The van der Waals surface area contributed by atoms with E-state index in [0.29, 0.717) is 5.92 Å². The summed E-state index contributed by atoms with van der Waals surface area (Å²) in [5, 5.41) is 0. The van der Waals surface area contributed by atoms with Crippen molar-refractivity contribution in [3.05, 3.63) is 30.1 Å². The van der Waals surface area contributed by atoms with Crippen LogP contribution in [0.3, 0.4) is 0 Å². The molecular weight excluding hydrogens is 233 g/mol. The predicted molar refractivity (Wildman–Crippen MR) is 76.5 cm³/mol. The fourth-order valence-corrected chi connectivity index (χ4v) is 2.40. The summed E-state index contributed by atoms with van der Waals surface area (Å²) in [5.41, 5.74) is 1.28. The molecule has 0 aliphatic rings. The topological polar surface area (TPSA) is 3.24 Å². The van der Waals surface area contributed by atoms with Crippen molar-refractivity contribution in [1.82, 2.24) is 0 Å². The van der Waals surface area contributed by atoms with E-state index in [9.17, 15) is 4.39 Å². The normalized spacial score (nSPS) is 13.5. The van der Waals surface area contributed by atoms with Gasteiger partial charge in [0.1, 0.15) is 5.82 Å². The van der Waals surface area contributed by atoms with Crippen LogP contribution in [0.2, 0.25) is 0 Å². The van der Waals surface area contributed by atoms with E-state index in [1.807, 2.05) is 19.2 Å². The largest absolute Gasteiger partial charge is 0.374 e. The first-order valence-electron chi connectivity index (χ1n) is 5.92. The van der Waals surface area contributed by atoms with Crippen LogP contribution in [0.5, 0.6) is 0 Å². The predicted octanol–water partition coefficient (Wildman–Crippen LogP) is 3.85. The van der Waals surface area contributed by atoms with Crippen LogP contribution in [0.25, 0.3) is 0 Å². The van der Waals surface area contributed by atoms with E-state index in [-0.39, 0.29) is 11.2 Å². The molecule has 0 N–H and O–H groups in total. The zero-order chi connectivity index (χ0) is 13.1. The zero-order valence-electron chi connectivity index (χ0n) is 11.1. The summed E-state index contributed by atoms with van der Waals surface area (Å²) in [4.78, 5) is 2.16. The Kier molecular flexibility index (Phi) is 4.87. The number of rotatable bonds is 4. The highest BCUT2D eigenvalue weighted by Crippen LogP contribution is 2.28. The van der Waals surface area contributed by atoms with Crippen molar-refractivity contribution in [2.45, 2.75) is 20.8 Å². The van der Waals surface area contributed by atoms with E-state index in [1.54, 1.807) is 0 Å². The number of benzene rings is 1. The molecule has 96 valence electrons. The molecule has 0 spiro atoms. The van der Waals surface area contributed by atoms with Gasteiger partial charge in [-0.25, -0.2) is 4.39 Å². The molecule has 0 radical (unpaired) electrons. The molecule has 1 atom stereocenters. The highest BCUT2D eigenvalue weighted by Gasteiger charge is 2.24. The highest BCUT2D eigenvalue weighted by molar-refractivity contribution is 7.80. The third-order valence-corrected chi connectivity index (χ3v) is 3.65. The maximum absolute atomic E-state index is 12.8. The lowest BCUT2D eigenvalue weighted by Gasteiger charge is -2.33. The second kappa shape index (κ2) is 5.76. The van der Waals surface area contributed by atoms with Crippen LogP contribution in [-0.2, 0) is 0 Å². The van der Waals surface area contributed by atoms with Crippen LogP contribution >= 0.6 is 12.6 Å². The van der Waals surface area contributed by atoms with Gasteiger partial charge in [0.2, 0.25) is 0 Å². The van der Waals surface area contributed by atoms with Gasteiger partial charge in [-0.1, -0.05) is 20.8 Å². The molecule has 17 heavy (non-hydrogen) atoms. The van der Waals surface area contributed by atoms with Crippen molar-refractivity contribution in [2.24, 2.45) is 11.3 Å². The number of halogens is 1. The maximum atomic E-state index is 12.8. The van der Waals surface area contributed by atoms with Crippen LogP contribution in [0.4, 0.5) is 10.1 Å². The molecule has 1 aromatic carbocycles. The molecule has 0 saturated carbocycles.